The standard InChI is InChI=1S/C11H16N2O5S/c1-2-13(5-6-14)10-4-3-8(19(12,17)18)7-9(10)11(15)16/h3-4,7,14H,2,5-6H2,1H3,(H,15,16)(H2,12,17,18). The van der Waals surface area contributed by atoms with Gasteiger partial charge in [0, 0.05) is 13.1 Å². The zero-order chi connectivity index (χ0) is 14.6. The van der Waals surface area contributed by atoms with Crippen LogP contribution in [0.2, 0.25) is 0 Å². The van der Waals surface area contributed by atoms with Crippen molar-refractivity contribution in [3.8, 4) is 0 Å². The number of aromatic carboxylic acids is 1. The van der Waals surface area contributed by atoms with E-state index < -0.39 is 16.0 Å². The fourth-order valence-electron chi connectivity index (χ4n) is 1.71. The average molecular weight is 288 g/mol. The third-order valence-corrected chi connectivity index (χ3v) is 3.53. The number of primary sulfonamides is 1. The van der Waals surface area contributed by atoms with Crippen LogP contribution in [0, 0.1) is 0 Å². The summed E-state index contributed by atoms with van der Waals surface area (Å²) < 4.78 is 22.4. The van der Waals surface area contributed by atoms with Crippen molar-refractivity contribution in [1.82, 2.24) is 0 Å². The lowest BCUT2D eigenvalue weighted by atomic mass is 10.1. The summed E-state index contributed by atoms with van der Waals surface area (Å²) in [4.78, 5) is 12.6. The van der Waals surface area contributed by atoms with Crippen LogP contribution in [-0.4, -0.2) is 44.3 Å². The van der Waals surface area contributed by atoms with Crippen molar-refractivity contribution in [2.45, 2.75) is 11.8 Å². The second-order valence-corrected chi connectivity index (χ2v) is 5.39. The second kappa shape index (κ2) is 6.00. The molecule has 0 spiro atoms. The molecule has 7 nitrogen and oxygen atoms in total. The van der Waals surface area contributed by atoms with Crippen molar-refractivity contribution in [1.29, 1.82) is 0 Å². The number of aliphatic hydroxyl groups excluding tert-OH is 1. The van der Waals surface area contributed by atoms with Crippen LogP contribution in [0.3, 0.4) is 0 Å². The predicted molar refractivity (Wildman–Crippen MR) is 69.7 cm³/mol. The molecule has 0 aliphatic carbocycles. The summed E-state index contributed by atoms with van der Waals surface area (Å²) in [5, 5.41) is 23.0. The molecule has 0 saturated carbocycles. The highest BCUT2D eigenvalue weighted by molar-refractivity contribution is 7.89. The van der Waals surface area contributed by atoms with E-state index in [9.17, 15) is 13.2 Å². The summed E-state index contributed by atoms with van der Waals surface area (Å²) in [5.74, 6) is -1.25. The minimum atomic E-state index is -3.95. The Morgan fingerprint density at radius 1 is 1.42 bits per heavy atom. The molecule has 0 unspecified atom stereocenters. The molecule has 19 heavy (non-hydrogen) atoms. The van der Waals surface area contributed by atoms with Crippen LogP contribution in [-0.2, 0) is 10.0 Å². The number of aliphatic hydroxyl groups is 1. The van der Waals surface area contributed by atoms with Crippen LogP contribution in [0.1, 0.15) is 17.3 Å². The minimum absolute atomic E-state index is 0.135. The molecule has 0 heterocycles. The molecule has 0 amide bonds. The minimum Gasteiger partial charge on any atom is -0.478 e. The SMILES string of the molecule is CCN(CCO)c1ccc(S(N)(=O)=O)cc1C(=O)O. The molecule has 0 atom stereocenters. The molecule has 0 bridgehead atoms. The van der Waals surface area contributed by atoms with E-state index in [0.717, 1.165) is 6.07 Å². The van der Waals surface area contributed by atoms with Gasteiger partial charge >= 0.3 is 5.97 Å². The van der Waals surface area contributed by atoms with Crippen LogP contribution < -0.4 is 10.0 Å². The van der Waals surface area contributed by atoms with E-state index in [4.69, 9.17) is 15.4 Å². The zero-order valence-corrected chi connectivity index (χ0v) is 11.2. The van der Waals surface area contributed by atoms with Crippen LogP contribution in [0.25, 0.3) is 0 Å². The van der Waals surface area contributed by atoms with E-state index in [1.54, 1.807) is 11.8 Å². The van der Waals surface area contributed by atoms with Gasteiger partial charge in [-0.25, -0.2) is 18.4 Å². The number of carboxylic acids is 1. The van der Waals surface area contributed by atoms with E-state index in [2.05, 4.69) is 0 Å². The third kappa shape index (κ3) is 3.66. The van der Waals surface area contributed by atoms with Gasteiger partial charge in [-0.1, -0.05) is 0 Å². The average Bonchev–Trinajstić information content (AvgIpc) is 2.34. The number of likely N-dealkylation sites (N-methyl/N-ethyl adjacent to an activating group) is 1. The Kier molecular flexibility index (Phi) is 4.87. The maximum atomic E-state index is 11.2. The summed E-state index contributed by atoms with van der Waals surface area (Å²) in [5.41, 5.74) is 0.179. The first-order chi connectivity index (χ1) is 8.81. The van der Waals surface area contributed by atoms with Crippen molar-refractivity contribution < 1.29 is 23.4 Å². The Labute approximate surface area is 111 Å². The maximum absolute atomic E-state index is 11.2. The van der Waals surface area contributed by atoms with Crippen molar-refractivity contribution in [2.75, 3.05) is 24.6 Å². The first kappa shape index (κ1) is 15.4. The number of carboxylic acid groups (broad SMARTS) is 1. The van der Waals surface area contributed by atoms with Gasteiger partial charge in [0.15, 0.2) is 0 Å². The van der Waals surface area contributed by atoms with Crippen molar-refractivity contribution in [3.05, 3.63) is 23.8 Å². The number of rotatable bonds is 6. The fraction of sp³-hybridized carbons (Fsp3) is 0.364. The summed E-state index contributed by atoms with van der Waals surface area (Å²) in [6.07, 6.45) is 0. The highest BCUT2D eigenvalue weighted by atomic mass is 32.2. The number of hydrogen-bond donors (Lipinski definition) is 3. The van der Waals surface area contributed by atoms with E-state index in [1.165, 1.54) is 12.1 Å². The van der Waals surface area contributed by atoms with E-state index in [-0.39, 0.29) is 23.6 Å². The summed E-state index contributed by atoms with van der Waals surface area (Å²) in [6, 6.07) is 3.65. The molecule has 8 heteroatoms. The highest BCUT2D eigenvalue weighted by Gasteiger charge is 2.18. The lowest BCUT2D eigenvalue weighted by molar-refractivity contribution is 0.0697. The molecule has 0 aliphatic heterocycles. The van der Waals surface area contributed by atoms with Gasteiger partial charge < -0.3 is 15.1 Å². The molecule has 106 valence electrons. The molecule has 1 aromatic rings. The molecular weight excluding hydrogens is 272 g/mol. The van der Waals surface area contributed by atoms with E-state index in [0.29, 0.717) is 12.2 Å². The van der Waals surface area contributed by atoms with Gasteiger partial charge in [0.25, 0.3) is 0 Å². The number of nitrogens with zero attached hydrogens (tertiary/aromatic N) is 1. The molecule has 1 aromatic carbocycles. The molecule has 0 aromatic heterocycles. The first-order valence-electron chi connectivity index (χ1n) is 5.57. The Morgan fingerprint density at radius 2 is 2.05 bits per heavy atom. The van der Waals surface area contributed by atoms with Gasteiger partial charge in [-0.2, -0.15) is 0 Å². The van der Waals surface area contributed by atoms with Crippen molar-refractivity contribution >= 4 is 21.7 Å². The number of nitrogens with two attached hydrogens (primary N) is 1. The molecule has 0 saturated heterocycles. The Balaban J connectivity index is 3.37. The maximum Gasteiger partial charge on any atom is 0.337 e. The van der Waals surface area contributed by atoms with Crippen LogP contribution in [0.15, 0.2) is 23.1 Å². The van der Waals surface area contributed by atoms with Crippen LogP contribution in [0.4, 0.5) is 5.69 Å². The number of carbonyl (C=O) groups is 1. The van der Waals surface area contributed by atoms with Crippen molar-refractivity contribution in [3.63, 3.8) is 0 Å². The highest BCUT2D eigenvalue weighted by Crippen LogP contribution is 2.23. The molecule has 4 N–H and O–H groups in total. The largest absolute Gasteiger partial charge is 0.478 e. The molecule has 0 aliphatic rings. The van der Waals surface area contributed by atoms with E-state index in [1.807, 2.05) is 0 Å². The molecule has 0 radical (unpaired) electrons. The van der Waals surface area contributed by atoms with Crippen molar-refractivity contribution in [2.24, 2.45) is 5.14 Å². The molecule has 1 rings (SSSR count). The second-order valence-electron chi connectivity index (χ2n) is 3.83. The van der Waals surface area contributed by atoms with E-state index >= 15 is 0 Å². The Morgan fingerprint density at radius 3 is 2.47 bits per heavy atom. The number of anilines is 1. The van der Waals surface area contributed by atoms with Crippen LogP contribution >= 0.6 is 0 Å². The monoisotopic (exact) mass is 288 g/mol. The molecule has 0 fully saturated rings. The fourth-order valence-corrected chi connectivity index (χ4v) is 2.25. The number of benzene rings is 1. The van der Waals surface area contributed by atoms with Crippen LogP contribution in [0.5, 0.6) is 0 Å². The Hall–Kier alpha value is -1.64. The number of sulfonamides is 1. The van der Waals surface area contributed by atoms with Gasteiger partial charge in [-0.15, -0.1) is 0 Å². The zero-order valence-electron chi connectivity index (χ0n) is 10.4. The summed E-state index contributed by atoms with van der Waals surface area (Å²) in [7, 11) is -3.95. The predicted octanol–water partition coefficient (Wildman–Crippen LogP) is -0.149. The van der Waals surface area contributed by atoms with Gasteiger partial charge in [0.05, 0.1) is 22.8 Å². The van der Waals surface area contributed by atoms with Gasteiger partial charge in [0.2, 0.25) is 10.0 Å². The topological polar surface area (TPSA) is 121 Å². The lowest BCUT2D eigenvalue weighted by Crippen LogP contribution is -2.28. The Bertz CT molecular complexity index is 570. The quantitative estimate of drug-likeness (QED) is 0.669. The molecular formula is C11H16N2O5S. The lowest BCUT2D eigenvalue weighted by Gasteiger charge is -2.24. The van der Waals surface area contributed by atoms with Gasteiger partial charge in [0.1, 0.15) is 0 Å². The smallest absolute Gasteiger partial charge is 0.337 e. The normalized spacial score (nSPS) is 11.3. The first-order valence-corrected chi connectivity index (χ1v) is 7.11. The third-order valence-electron chi connectivity index (χ3n) is 2.62. The number of hydrogen-bond acceptors (Lipinski definition) is 5. The van der Waals surface area contributed by atoms with Gasteiger partial charge in [-0.3, -0.25) is 0 Å². The summed E-state index contributed by atoms with van der Waals surface area (Å²) >= 11 is 0. The van der Waals surface area contributed by atoms with Gasteiger partial charge in [-0.05, 0) is 25.1 Å². The summed E-state index contributed by atoms with van der Waals surface area (Å²) in [6.45, 7) is 2.40.